The highest BCUT2D eigenvalue weighted by atomic mass is 32.2. The molecule has 0 aliphatic carbocycles. The number of amides is 1. The van der Waals surface area contributed by atoms with Gasteiger partial charge in [0.05, 0.1) is 35.9 Å². The Morgan fingerprint density at radius 3 is 2.76 bits per heavy atom. The molecular formula is C18H22F3N5O2S. The fraction of sp³-hybridized carbons (Fsp3) is 0.444. The van der Waals surface area contributed by atoms with Gasteiger partial charge in [-0.3, -0.25) is 9.78 Å². The Kier molecular flexibility index (Phi) is 8.06. The lowest BCUT2D eigenvalue weighted by Gasteiger charge is -2.20. The van der Waals surface area contributed by atoms with Crippen LogP contribution in [0.3, 0.4) is 0 Å². The van der Waals surface area contributed by atoms with Crippen LogP contribution in [0.15, 0.2) is 35.9 Å². The Balaban J connectivity index is 2.17. The quantitative estimate of drug-likeness (QED) is 0.346. The third-order valence-electron chi connectivity index (χ3n) is 3.85. The zero-order valence-corrected chi connectivity index (χ0v) is 17.1. The van der Waals surface area contributed by atoms with Gasteiger partial charge in [0, 0.05) is 24.2 Å². The van der Waals surface area contributed by atoms with Crippen molar-refractivity contribution in [3.05, 3.63) is 36.4 Å². The predicted octanol–water partition coefficient (Wildman–Crippen LogP) is 3.62. The predicted molar refractivity (Wildman–Crippen MR) is 107 cm³/mol. The molecule has 0 aromatic carbocycles. The van der Waals surface area contributed by atoms with Crippen LogP contribution >= 0.6 is 11.8 Å². The maximum atomic E-state index is 13.0. The first-order chi connectivity index (χ1) is 13.8. The molecular weight excluding hydrogens is 407 g/mol. The summed E-state index contributed by atoms with van der Waals surface area (Å²) in [7, 11) is 1.29. The number of nitrogens with zero attached hydrogens (tertiary/aromatic N) is 5. The summed E-state index contributed by atoms with van der Waals surface area (Å²) in [6.07, 6.45) is -0.172. The van der Waals surface area contributed by atoms with Crippen molar-refractivity contribution in [1.82, 2.24) is 14.8 Å². The number of rotatable bonds is 9. The maximum Gasteiger partial charge on any atom is 0.389 e. The molecule has 7 nitrogen and oxygen atoms in total. The number of hydrogen-bond acceptors (Lipinski definition) is 6. The average Bonchev–Trinajstić information content (AvgIpc) is 3.06. The molecule has 2 heterocycles. The molecule has 2 aromatic rings. The van der Waals surface area contributed by atoms with Crippen LogP contribution in [-0.4, -0.2) is 57.7 Å². The van der Waals surface area contributed by atoms with E-state index < -0.39 is 18.5 Å². The molecule has 11 heteroatoms. The van der Waals surface area contributed by atoms with Gasteiger partial charge >= 0.3 is 6.18 Å². The number of carbonyl (C=O) groups is 1. The molecule has 0 atom stereocenters. The van der Waals surface area contributed by atoms with Crippen LogP contribution in [0.5, 0.6) is 0 Å². The van der Waals surface area contributed by atoms with Crippen LogP contribution < -0.4 is 4.90 Å². The maximum absolute atomic E-state index is 13.0. The molecule has 0 unspecified atom stereocenters. The Labute approximate surface area is 170 Å². The first kappa shape index (κ1) is 22.7. The van der Waals surface area contributed by atoms with Crippen LogP contribution in [0.4, 0.5) is 18.9 Å². The fourth-order valence-corrected chi connectivity index (χ4v) is 3.40. The van der Waals surface area contributed by atoms with E-state index in [2.05, 4.69) is 15.2 Å². The third-order valence-corrected chi connectivity index (χ3v) is 4.82. The van der Waals surface area contributed by atoms with Gasteiger partial charge in [-0.25, -0.2) is 4.68 Å². The summed E-state index contributed by atoms with van der Waals surface area (Å²) in [6, 6.07) is 3.60. The normalized spacial score (nSPS) is 12.1. The molecule has 0 fully saturated rings. The highest BCUT2D eigenvalue weighted by Crippen LogP contribution is 2.24. The van der Waals surface area contributed by atoms with E-state index in [4.69, 9.17) is 4.84 Å². The highest BCUT2D eigenvalue weighted by molar-refractivity contribution is 8.00. The second-order valence-corrected chi connectivity index (χ2v) is 7.05. The molecule has 2 rings (SSSR count). The second kappa shape index (κ2) is 10.3. The Morgan fingerprint density at radius 2 is 2.17 bits per heavy atom. The molecule has 0 radical (unpaired) electrons. The Bertz CT molecular complexity index is 840. The highest BCUT2D eigenvalue weighted by Gasteiger charge is 2.28. The van der Waals surface area contributed by atoms with Crippen LogP contribution in [0.25, 0.3) is 5.69 Å². The number of anilines is 1. The molecule has 0 N–H and O–H groups in total. The smallest absolute Gasteiger partial charge is 0.389 e. The van der Waals surface area contributed by atoms with Crippen LogP contribution in [-0.2, 0) is 9.63 Å². The van der Waals surface area contributed by atoms with Crippen molar-refractivity contribution < 1.29 is 22.8 Å². The van der Waals surface area contributed by atoms with E-state index in [9.17, 15) is 18.0 Å². The van der Waals surface area contributed by atoms with Crippen molar-refractivity contribution in [3.8, 4) is 5.69 Å². The van der Waals surface area contributed by atoms with Crippen LogP contribution in [0.2, 0.25) is 0 Å². The van der Waals surface area contributed by atoms with Gasteiger partial charge in [0.2, 0.25) is 0 Å². The van der Waals surface area contributed by atoms with Crippen molar-refractivity contribution in [2.75, 3.05) is 30.1 Å². The van der Waals surface area contributed by atoms with E-state index in [1.165, 1.54) is 12.0 Å². The number of aromatic nitrogens is 3. The molecule has 2 aromatic heterocycles. The van der Waals surface area contributed by atoms with Gasteiger partial charge in [0.1, 0.15) is 7.11 Å². The fourth-order valence-electron chi connectivity index (χ4n) is 2.51. The third kappa shape index (κ3) is 6.48. The molecule has 0 saturated heterocycles. The topological polar surface area (TPSA) is 72.6 Å². The first-order valence-corrected chi connectivity index (χ1v) is 9.95. The second-order valence-electron chi connectivity index (χ2n) is 5.94. The monoisotopic (exact) mass is 429 g/mol. The lowest BCUT2D eigenvalue weighted by atomic mass is 10.3. The number of alkyl halides is 3. The summed E-state index contributed by atoms with van der Waals surface area (Å²) in [5.41, 5.74) is 1.96. The SMILES string of the molecule is CCN(C(=O)/C(CSCCC(F)(F)F)=N\OC)c1cn(-c2cccnc2)nc1C. The Morgan fingerprint density at radius 1 is 1.41 bits per heavy atom. The number of halogens is 3. The van der Waals surface area contributed by atoms with Crippen molar-refractivity contribution in [2.24, 2.45) is 5.16 Å². The largest absolute Gasteiger partial charge is 0.399 e. The minimum Gasteiger partial charge on any atom is -0.399 e. The summed E-state index contributed by atoms with van der Waals surface area (Å²) in [6.45, 7) is 3.89. The molecule has 0 aliphatic rings. The van der Waals surface area contributed by atoms with Crippen molar-refractivity contribution in [2.45, 2.75) is 26.4 Å². The van der Waals surface area contributed by atoms with Gasteiger partial charge in [-0.1, -0.05) is 5.16 Å². The van der Waals surface area contributed by atoms with E-state index in [-0.39, 0.29) is 17.2 Å². The molecule has 158 valence electrons. The molecule has 0 saturated carbocycles. The number of carbonyl (C=O) groups excluding carboxylic acids is 1. The van der Waals surface area contributed by atoms with Gasteiger partial charge in [0.15, 0.2) is 5.71 Å². The molecule has 0 spiro atoms. The zero-order chi connectivity index (χ0) is 21.4. The van der Waals surface area contributed by atoms with Crippen LogP contribution in [0, 0.1) is 6.92 Å². The number of hydrogen-bond donors (Lipinski definition) is 0. The minimum atomic E-state index is -4.23. The lowest BCUT2D eigenvalue weighted by Crippen LogP contribution is -2.38. The number of thioether (sulfide) groups is 1. The van der Waals surface area contributed by atoms with Crippen molar-refractivity contribution in [1.29, 1.82) is 0 Å². The lowest BCUT2D eigenvalue weighted by molar-refractivity contribution is -0.129. The van der Waals surface area contributed by atoms with Crippen molar-refractivity contribution >= 4 is 29.1 Å². The van der Waals surface area contributed by atoms with Crippen molar-refractivity contribution in [3.63, 3.8) is 0 Å². The minimum absolute atomic E-state index is 0.00897. The van der Waals surface area contributed by atoms with Gasteiger partial charge in [0.25, 0.3) is 5.91 Å². The summed E-state index contributed by atoms with van der Waals surface area (Å²) in [5, 5.41) is 8.15. The summed E-state index contributed by atoms with van der Waals surface area (Å²) < 4.78 is 38.6. The van der Waals surface area contributed by atoms with Crippen LogP contribution in [0.1, 0.15) is 19.0 Å². The molecule has 0 bridgehead atoms. The summed E-state index contributed by atoms with van der Waals surface area (Å²) in [5.74, 6) is -0.596. The van der Waals surface area contributed by atoms with Gasteiger partial charge in [-0.15, -0.1) is 0 Å². The Hall–Kier alpha value is -2.56. The van der Waals surface area contributed by atoms with Gasteiger partial charge in [-0.2, -0.15) is 30.0 Å². The summed E-state index contributed by atoms with van der Waals surface area (Å²) in [4.78, 5) is 23.2. The number of pyridine rings is 1. The number of oxime groups is 1. The number of aryl methyl sites for hydroxylation is 1. The standard InChI is InChI=1S/C18H22F3N5O2S/c1-4-25(16-11-26(23-13(16)2)14-6-5-8-22-10-14)17(27)15(24-28-3)12-29-9-7-18(19,20)21/h5-6,8,10-11H,4,7,9,12H2,1-3H3/b24-15-. The molecule has 29 heavy (non-hydrogen) atoms. The van der Waals surface area contributed by atoms with E-state index in [1.54, 1.807) is 43.2 Å². The molecule has 1 amide bonds. The van der Waals surface area contributed by atoms with E-state index >= 15 is 0 Å². The summed E-state index contributed by atoms with van der Waals surface area (Å²) >= 11 is 0.978. The average molecular weight is 429 g/mol. The zero-order valence-electron chi connectivity index (χ0n) is 16.3. The molecule has 0 aliphatic heterocycles. The van der Waals surface area contributed by atoms with Gasteiger partial charge in [-0.05, 0) is 26.0 Å². The van der Waals surface area contributed by atoms with E-state index in [0.29, 0.717) is 17.9 Å². The van der Waals surface area contributed by atoms with Gasteiger partial charge < -0.3 is 9.74 Å². The van der Waals surface area contributed by atoms with E-state index in [1.807, 2.05) is 6.07 Å². The first-order valence-electron chi connectivity index (χ1n) is 8.80. The van der Waals surface area contributed by atoms with E-state index in [0.717, 1.165) is 17.4 Å².